The second-order valence-electron chi connectivity index (χ2n) is 4.94. The number of aliphatic hydroxyl groups excluding tert-OH is 1. The van der Waals surface area contributed by atoms with E-state index in [0.717, 1.165) is 20.3 Å². The number of fused-ring (bicyclic) bond motifs is 1. The number of aromatic amines is 1. The lowest BCUT2D eigenvalue weighted by molar-refractivity contribution is -0.122. The number of carbonyl (C=O) groups excluding carboxylic acids is 1. The Bertz CT molecular complexity index is 820. The Hall–Kier alpha value is -1.83. The molecule has 0 aliphatic rings. The number of amides is 1. The van der Waals surface area contributed by atoms with Gasteiger partial charge in [0.15, 0.2) is 0 Å². The van der Waals surface area contributed by atoms with Crippen molar-refractivity contribution in [2.24, 2.45) is 0 Å². The number of carbonyl (C=O) groups is 1. The first-order valence-electron chi connectivity index (χ1n) is 6.92. The number of anilines is 1. The predicted molar refractivity (Wildman–Crippen MR) is 95.6 cm³/mol. The number of nitrogens with one attached hydrogen (secondary N) is 2. The lowest BCUT2D eigenvalue weighted by Gasteiger charge is -2.11. The molecule has 5 nitrogen and oxygen atoms in total. The Balaban J connectivity index is 1.57. The minimum Gasteiger partial charge on any atom is -0.382 e. The summed E-state index contributed by atoms with van der Waals surface area (Å²) in [6, 6.07) is 13.1. The first kappa shape index (κ1) is 16.0. The zero-order chi connectivity index (χ0) is 16.2. The van der Waals surface area contributed by atoms with E-state index in [1.54, 1.807) is 12.3 Å². The second kappa shape index (κ2) is 7.16. The number of hydrogen-bond acceptors (Lipinski definition) is 4. The summed E-state index contributed by atoms with van der Waals surface area (Å²) in [5.41, 5.74) is 1.53. The number of aliphatic hydroxyl groups is 1. The van der Waals surface area contributed by atoms with Crippen molar-refractivity contribution in [3.63, 3.8) is 0 Å². The van der Waals surface area contributed by atoms with E-state index >= 15 is 0 Å². The Kier molecular flexibility index (Phi) is 5.00. The maximum Gasteiger partial charge on any atom is 0.254 e. The van der Waals surface area contributed by atoms with Gasteiger partial charge in [-0.05, 0) is 42.5 Å². The Labute approximate surface area is 145 Å². The highest BCUT2D eigenvalue weighted by Gasteiger charge is 2.15. The zero-order valence-corrected chi connectivity index (χ0v) is 14.4. The molecule has 3 aromatic rings. The first-order chi connectivity index (χ1) is 11.1. The van der Waals surface area contributed by atoms with Crippen molar-refractivity contribution >= 4 is 50.2 Å². The van der Waals surface area contributed by atoms with E-state index in [2.05, 4.69) is 31.4 Å². The van der Waals surface area contributed by atoms with Crippen LogP contribution in [-0.4, -0.2) is 33.1 Å². The highest BCUT2D eigenvalue weighted by Crippen LogP contribution is 2.22. The number of benzene rings is 2. The van der Waals surface area contributed by atoms with Crippen LogP contribution in [0.3, 0.4) is 0 Å². The van der Waals surface area contributed by atoms with Gasteiger partial charge in [0.1, 0.15) is 6.10 Å². The van der Waals surface area contributed by atoms with Crippen LogP contribution in [-0.2, 0) is 4.79 Å². The summed E-state index contributed by atoms with van der Waals surface area (Å²) in [7, 11) is 0. The normalized spacial score (nSPS) is 12.3. The van der Waals surface area contributed by atoms with Crippen molar-refractivity contribution in [2.45, 2.75) is 11.0 Å². The van der Waals surface area contributed by atoms with Crippen LogP contribution in [0.5, 0.6) is 0 Å². The average molecular weight is 392 g/mol. The predicted octanol–water partition coefficient (Wildman–Crippen LogP) is 3.42. The summed E-state index contributed by atoms with van der Waals surface area (Å²) in [4.78, 5) is 13.1. The molecular formula is C16H14BrN3O2S. The van der Waals surface area contributed by atoms with Crippen LogP contribution in [0.2, 0.25) is 0 Å². The SMILES string of the molecule is O=C(Nc1ccc2[nH]ncc2c1)[C@H](O)CSc1ccc(Br)cc1. The molecule has 0 fully saturated rings. The number of rotatable bonds is 5. The monoisotopic (exact) mass is 391 g/mol. The molecule has 0 saturated carbocycles. The van der Waals surface area contributed by atoms with Crippen LogP contribution in [0, 0.1) is 0 Å². The van der Waals surface area contributed by atoms with Gasteiger partial charge in [-0.1, -0.05) is 15.9 Å². The fourth-order valence-corrected chi connectivity index (χ4v) is 3.12. The van der Waals surface area contributed by atoms with E-state index < -0.39 is 12.0 Å². The standard InChI is InChI=1S/C16H14BrN3O2S/c17-11-1-4-13(5-2-11)23-9-15(21)16(22)19-12-3-6-14-10(7-12)8-18-20-14/h1-8,15,21H,9H2,(H,18,20)(H,19,22)/t15-/m1/s1. The lowest BCUT2D eigenvalue weighted by Crippen LogP contribution is -2.29. The van der Waals surface area contributed by atoms with E-state index in [4.69, 9.17) is 0 Å². The minimum absolute atomic E-state index is 0.293. The number of halogens is 1. The Morgan fingerprint density at radius 1 is 1.30 bits per heavy atom. The molecule has 3 rings (SSSR count). The number of H-pyrrole nitrogens is 1. The highest BCUT2D eigenvalue weighted by atomic mass is 79.9. The van der Waals surface area contributed by atoms with Gasteiger partial charge in [-0.3, -0.25) is 9.89 Å². The lowest BCUT2D eigenvalue weighted by atomic mass is 10.2. The van der Waals surface area contributed by atoms with E-state index in [1.807, 2.05) is 36.4 Å². The third-order valence-electron chi connectivity index (χ3n) is 3.23. The topological polar surface area (TPSA) is 78.0 Å². The third-order valence-corrected chi connectivity index (χ3v) is 4.85. The van der Waals surface area contributed by atoms with Crippen molar-refractivity contribution in [1.29, 1.82) is 0 Å². The minimum atomic E-state index is -1.08. The van der Waals surface area contributed by atoms with Gasteiger partial charge in [0, 0.05) is 26.2 Å². The molecule has 0 saturated heterocycles. The van der Waals surface area contributed by atoms with E-state index in [-0.39, 0.29) is 0 Å². The smallest absolute Gasteiger partial charge is 0.254 e. The summed E-state index contributed by atoms with van der Waals surface area (Å²) >= 11 is 4.80. The molecule has 1 atom stereocenters. The molecule has 7 heteroatoms. The molecule has 118 valence electrons. The molecule has 0 aliphatic carbocycles. The summed E-state index contributed by atoms with van der Waals surface area (Å²) in [6.07, 6.45) is 0.605. The van der Waals surface area contributed by atoms with Gasteiger partial charge in [-0.15, -0.1) is 11.8 Å². The van der Waals surface area contributed by atoms with Crippen LogP contribution in [0.15, 0.2) is 58.0 Å². The van der Waals surface area contributed by atoms with E-state index in [9.17, 15) is 9.90 Å². The van der Waals surface area contributed by atoms with E-state index in [1.165, 1.54) is 11.8 Å². The largest absolute Gasteiger partial charge is 0.382 e. The van der Waals surface area contributed by atoms with Crippen LogP contribution < -0.4 is 5.32 Å². The summed E-state index contributed by atoms with van der Waals surface area (Å²) in [5.74, 6) is -0.126. The van der Waals surface area contributed by atoms with Gasteiger partial charge in [0.2, 0.25) is 0 Å². The number of hydrogen-bond donors (Lipinski definition) is 3. The fraction of sp³-hybridized carbons (Fsp3) is 0.125. The maximum atomic E-state index is 12.1. The van der Waals surface area contributed by atoms with Crippen molar-refractivity contribution < 1.29 is 9.90 Å². The van der Waals surface area contributed by atoms with Crippen molar-refractivity contribution in [3.05, 3.63) is 53.1 Å². The molecule has 0 radical (unpaired) electrons. The molecule has 0 aliphatic heterocycles. The van der Waals surface area contributed by atoms with Gasteiger partial charge in [0.25, 0.3) is 5.91 Å². The summed E-state index contributed by atoms with van der Waals surface area (Å²) in [6.45, 7) is 0. The molecular weight excluding hydrogens is 378 g/mol. The molecule has 1 aromatic heterocycles. The van der Waals surface area contributed by atoms with Gasteiger partial charge in [-0.2, -0.15) is 5.10 Å². The molecule has 2 aromatic carbocycles. The summed E-state index contributed by atoms with van der Waals surface area (Å²) < 4.78 is 0.995. The van der Waals surface area contributed by atoms with Crippen LogP contribution >= 0.6 is 27.7 Å². The Morgan fingerprint density at radius 2 is 2.09 bits per heavy atom. The number of thioether (sulfide) groups is 1. The van der Waals surface area contributed by atoms with E-state index in [0.29, 0.717) is 11.4 Å². The van der Waals surface area contributed by atoms with Crippen LogP contribution in [0.25, 0.3) is 10.9 Å². The van der Waals surface area contributed by atoms with Gasteiger partial charge in [-0.25, -0.2) is 0 Å². The van der Waals surface area contributed by atoms with Crippen LogP contribution in [0.4, 0.5) is 5.69 Å². The number of aromatic nitrogens is 2. The quantitative estimate of drug-likeness (QED) is 0.582. The highest BCUT2D eigenvalue weighted by molar-refractivity contribution is 9.10. The first-order valence-corrected chi connectivity index (χ1v) is 8.70. The molecule has 0 bridgehead atoms. The van der Waals surface area contributed by atoms with Gasteiger partial charge in [0.05, 0.1) is 11.7 Å². The molecule has 3 N–H and O–H groups in total. The van der Waals surface area contributed by atoms with Gasteiger partial charge < -0.3 is 10.4 Å². The van der Waals surface area contributed by atoms with Crippen LogP contribution in [0.1, 0.15) is 0 Å². The Morgan fingerprint density at radius 3 is 2.87 bits per heavy atom. The molecule has 23 heavy (non-hydrogen) atoms. The maximum absolute atomic E-state index is 12.1. The van der Waals surface area contributed by atoms with Crippen molar-refractivity contribution in [3.8, 4) is 0 Å². The second-order valence-corrected chi connectivity index (χ2v) is 6.95. The average Bonchev–Trinajstić information content (AvgIpc) is 3.01. The molecule has 1 heterocycles. The molecule has 0 unspecified atom stereocenters. The summed E-state index contributed by atoms with van der Waals surface area (Å²) in [5, 5.41) is 20.4. The zero-order valence-electron chi connectivity index (χ0n) is 12.0. The molecule has 1 amide bonds. The molecule has 0 spiro atoms. The number of nitrogens with zero attached hydrogens (tertiary/aromatic N) is 1. The van der Waals surface area contributed by atoms with Crippen molar-refractivity contribution in [2.75, 3.05) is 11.1 Å². The fourth-order valence-electron chi connectivity index (χ4n) is 2.03. The van der Waals surface area contributed by atoms with Crippen molar-refractivity contribution in [1.82, 2.24) is 10.2 Å². The third kappa shape index (κ3) is 4.13. The van der Waals surface area contributed by atoms with Gasteiger partial charge >= 0.3 is 0 Å².